The Balaban J connectivity index is 2.27. The van der Waals surface area contributed by atoms with Gasteiger partial charge >= 0.3 is 0 Å². The Morgan fingerprint density at radius 2 is 1.64 bits per heavy atom. The van der Waals surface area contributed by atoms with E-state index in [4.69, 9.17) is 11.5 Å². The summed E-state index contributed by atoms with van der Waals surface area (Å²) in [5.41, 5.74) is 15.4. The molecule has 0 fully saturated rings. The number of fused-ring (bicyclic) bond motifs is 2. The monoisotopic (exact) mass is 287 g/mol. The Bertz CT molecular complexity index is 996. The maximum Gasteiger partial charge on any atom is 0.220 e. The summed E-state index contributed by atoms with van der Waals surface area (Å²) in [6.07, 6.45) is 5.27. The number of nitrogens with two attached hydrogens (primary N) is 2. The first-order chi connectivity index (χ1) is 10.8. The third-order valence-electron chi connectivity index (χ3n) is 3.77. The summed E-state index contributed by atoms with van der Waals surface area (Å²) in [5, 5.41) is 2.77. The van der Waals surface area contributed by atoms with E-state index >= 15 is 0 Å². The number of benzene rings is 2. The molecule has 0 aliphatic carbocycles. The SMILES string of the molecule is Nc1ncc2c(-c3ccccc3)c3cnccc3c(N)c2n1. The van der Waals surface area contributed by atoms with Crippen molar-refractivity contribution in [3.05, 3.63) is 55.0 Å². The molecule has 0 atom stereocenters. The molecule has 0 amide bonds. The lowest BCUT2D eigenvalue weighted by Crippen LogP contribution is -2.00. The quantitative estimate of drug-likeness (QED) is 0.415. The Kier molecular flexibility index (Phi) is 2.66. The second-order valence-electron chi connectivity index (χ2n) is 5.07. The Morgan fingerprint density at radius 3 is 2.45 bits per heavy atom. The van der Waals surface area contributed by atoms with Crippen molar-refractivity contribution in [2.45, 2.75) is 0 Å². The molecule has 0 saturated heterocycles. The van der Waals surface area contributed by atoms with Gasteiger partial charge in [-0.1, -0.05) is 30.3 Å². The van der Waals surface area contributed by atoms with Crippen molar-refractivity contribution in [2.24, 2.45) is 0 Å². The number of anilines is 2. The van der Waals surface area contributed by atoms with Crippen LogP contribution in [0.2, 0.25) is 0 Å². The van der Waals surface area contributed by atoms with Crippen LogP contribution in [0.1, 0.15) is 0 Å². The van der Waals surface area contributed by atoms with Crippen molar-refractivity contribution in [1.29, 1.82) is 0 Å². The lowest BCUT2D eigenvalue weighted by atomic mass is 9.94. The summed E-state index contributed by atoms with van der Waals surface area (Å²) in [5.74, 6) is 0.214. The van der Waals surface area contributed by atoms with Gasteiger partial charge in [-0.3, -0.25) is 4.98 Å². The van der Waals surface area contributed by atoms with Crippen molar-refractivity contribution in [2.75, 3.05) is 11.5 Å². The van der Waals surface area contributed by atoms with E-state index < -0.39 is 0 Å². The highest BCUT2D eigenvalue weighted by molar-refractivity contribution is 6.18. The molecule has 0 saturated carbocycles. The predicted molar refractivity (Wildman–Crippen MR) is 89.1 cm³/mol. The smallest absolute Gasteiger partial charge is 0.220 e. The lowest BCUT2D eigenvalue weighted by Gasteiger charge is -2.13. The van der Waals surface area contributed by atoms with E-state index in [1.807, 2.05) is 42.6 Å². The average molecular weight is 287 g/mol. The molecule has 0 bridgehead atoms. The van der Waals surface area contributed by atoms with Gasteiger partial charge in [-0.2, -0.15) is 0 Å². The predicted octanol–water partition coefficient (Wildman–Crippen LogP) is 3.01. The van der Waals surface area contributed by atoms with Crippen LogP contribution in [-0.2, 0) is 0 Å². The Hall–Kier alpha value is -3.21. The van der Waals surface area contributed by atoms with E-state index in [1.54, 1.807) is 12.4 Å². The standard InChI is InChI=1S/C17H13N5/c18-15-11-6-7-20-8-12(11)14(10-4-2-1-3-5-10)13-9-21-17(19)22-16(13)15/h1-9H,18H2,(H2,19,21,22). The zero-order chi connectivity index (χ0) is 15.1. The van der Waals surface area contributed by atoms with E-state index in [1.165, 1.54) is 0 Å². The summed E-state index contributed by atoms with van der Waals surface area (Å²) in [6, 6.07) is 12.0. The van der Waals surface area contributed by atoms with Crippen LogP contribution in [0.3, 0.4) is 0 Å². The topological polar surface area (TPSA) is 90.7 Å². The van der Waals surface area contributed by atoms with E-state index in [2.05, 4.69) is 15.0 Å². The lowest BCUT2D eigenvalue weighted by molar-refractivity contribution is 1.24. The van der Waals surface area contributed by atoms with E-state index in [-0.39, 0.29) is 5.95 Å². The van der Waals surface area contributed by atoms with Crippen molar-refractivity contribution in [3.63, 3.8) is 0 Å². The first-order valence-electron chi connectivity index (χ1n) is 6.88. The zero-order valence-corrected chi connectivity index (χ0v) is 11.7. The maximum absolute atomic E-state index is 6.30. The fourth-order valence-corrected chi connectivity index (χ4v) is 2.80. The van der Waals surface area contributed by atoms with Gasteiger partial charge < -0.3 is 11.5 Å². The van der Waals surface area contributed by atoms with Crippen LogP contribution in [0.5, 0.6) is 0 Å². The van der Waals surface area contributed by atoms with Crippen LogP contribution in [0.25, 0.3) is 32.8 Å². The molecule has 5 nitrogen and oxygen atoms in total. The largest absolute Gasteiger partial charge is 0.396 e. The third-order valence-corrected chi connectivity index (χ3v) is 3.77. The molecule has 22 heavy (non-hydrogen) atoms. The van der Waals surface area contributed by atoms with Gasteiger partial charge in [0.2, 0.25) is 5.95 Å². The van der Waals surface area contributed by atoms with Gasteiger partial charge in [0, 0.05) is 40.3 Å². The van der Waals surface area contributed by atoms with Crippen molar-refractivity contribution in [3.8, 4) is 11.1 Å². The fraction of sp³-hybridized carbons (Fsp3) is 0. The van der Waals surface area contributed by atoms with Gasteiger partial charge in [0.05, 0.1) is 11.2 Å². The van der Waals surface area contributed by atoms with Crippen LogP contribution in [0, 0.1) is 0 Å². The maximum atomic E-state index is 6.30. The van der Waals surface area contributed by atoms with E-state index in [9.17, 15) is 0 Å². The molecular formula is C17H13N5. The molecule has 4 rings (SSSR count). The zero-order valence-electron chi connectivity index (χ0n) is 11.7. The normalized spacial score (nSPS) is 11.1. The highest BCUT2D eigenvalue weighted by Crippen LogP contribution is 2.39. The number of hydrogen-bond acceptors (Lipinski definition) is 5. The highest BCUT2D eigenvalue weighted by Gasteiger charge is 2.15. The molecule has 4 N–H and O–H groups in total. The van der Waals surface area contributed by atoms with Crippen LogP contribution in [0.15, 0.2) is 55.0 Å². The number of hydrogen-bond donors (Lipinski definition) is 2. The van der Waals surface area contributed by atoms with Gasteiger partial charge in [-0.05, 0) is 11.6 Å². The van der Waals surface area contributed by atoms with Gasteiger partial charge in [-0.25, -0.2) is 9.97 Å². The van der Waals surface area contributed by atoms with Gasteiger partial charge in [0.15, 0.2) is 0 Å². The fourth-order valence-electron chi connectivity index (χ4n) is 2.80. The molecule has 2 aromatic carbocycles. The highest BCUT2D eigenvalue weighted by atomic mass is 15.0. The Labute approximate surface area is 126 Å². The van der Waals surface area contributed by atoms with E-state index in [0.717, 1.165) is 27.3 Å². The van der Waals surface area contributed by atoms with Crippen LogP contribution in [0.4, 0.5) is 11.6 Å². The van der Waals surface area contributed by atoms with Gasteiger partial charge in [0.1, 0.15) is 0 Å². The number of pyridine rings is 1. The summed E-state index contributed by atoms with van der Waals surface area (Å²) < 4.78 is 0. The molecule has 0 aliphatic heterocycles. The van der Waals surface area contributed by atoms with Crippen molar-refractivity contribution in [1.82, 2.24) is 15.0 Å². The molecule has 0 unspecified atom stereocenters. The summed E-state index contributed by atoms with van der Waals surface area (Å²) in [4.78, 5) is 12.7. The molecular weight excluding hydrogens is 274 g/mol. The first kappa shape index (κ1) is 12.5. The summed E-state index contributed by atoms with van der Waals surface area (Å²) in [6.45, 7) is 0. The molecule has 4 aromatic rings. The van der Waals surface area contributed by atoms with Crippen molar-refractivity contribution < 1.29 is 0 Å². The van der Waals surface area contributed by atoms with Crippen LogP contribution < -0.4 is 11.5 Å². The second-order valence-corrected chi connectivity index (χ2v) is 5.07. The minimum atomic E-state index is 0.214. The molecule has 0 spiro atoms. The minimum absolute atomic E-state index is 0.214. The molecule has 2 heterocycles. The molecule has 106 valence electrons. The molecule has 0 aliphatic rings. The van der Waals surface area contributed by atoms with E-state index in [0.29, 0.717) is 11.2 Å². The first-order valence-corrected chi connectivity index (χ1v) is 6.88. The number of nitrogens with zero attached hydrogens (tertiary/aromatic N) is 3. The van der Waals surface area contributed by atoms with Crippen LogP contribution >= 0.6 is 0 Å². The molecule has 2 aromatic heterocycles. The average Bonchev–Trinajstić information content (AvgIpc) is 2.57. The summed E-state index contributed by atoms with van der Waals surface area (Å²) >= 11 is 0. The van der Waals surface area contributed by atoms with Crippen molar-refractivity contribution >= 4 is 33.3 Å². The van der Waals surface area contributed by atoms with Gasteiger partial charge in [-0.15, -0.1) is 0 Å². The van der Waals surface area contributed by atoms with Gasteiger partial charge in [0.25, 0.3) is 0 Å². The van der Waals surface area contributed by atoms with Crippen LogP contribution in [-0.4, -0.2) is 15.0 Å². The second kappa shape index (κ2) is 4.66. The number of aromatic nitrogens is 3. The summed E-state index contributed by atoms with van der Waals surface area (Å²) in [7, 11) is 0. The third kappa shape index (κ3) is 1.76. The Morgan fingerprint density at radius 1 is 0.818 bits per heavy atom. The minimum Gasteiger partial charge on any atom is -0.396 e. The number of rotatable bonds is 1. The molecule has 5 heteroatoms. The number of nitrogen functional groups attached to an aromatic ring is 2. The molecule has 0 radical (unpaired) electrons.